The highest BCUT2D eigenvalue weighted by Gasteiger charge is 2.42. The van der Waals surface area contributed by atoms with Crippen LogP contribution in [0.5, 0.6) is 0 Å². The minimum atomic E-state index is -0.326. The monoisotopic (exact) mass is 515 g/mol. The lowest BCUT2D eigenvalue weighted by molar-refractivity contribution is -0.138. The molecule has 1 aliphatic carbocycles. The van der Waals surface area contributed by atoms with E-state index in [1.54, 1.807) is 4.90 Å². The van der Waals surface area contributed by atoms with E-state index >= 15 is 0 Å². The van der Waals surface area contributed by atoms with Crippen LogP contribution in [0.4, 0.5) is 5.69 Å². The number of amides is 1. The number of nitrogens with zero attached hydrogens (tertiary/aromatic N) is 3. The van der Waals surface area contributed by atoms with Crippen LogP contribution >= 0.6 is 24.0 Å². The maximum atomic E-state index is 12.7. The van der Waals surface area contributed by atoms with Gasteiger partial charge in [0.25, 0.3) is 0 Å². The minimum Gasteiger partial charge on any atom is -0.378 e. The Balaban J connectivity index is 0.00000420. The van der Waals surface area contributed by atoms with Crippen molar-refractivity contribution in [1.29, 1.82) is 0 Å². The molecular weight excluding hydrogens is 477 g/mol. The van der Waals surface area contributed by atoms with Gasteiger partial charge in [0.2, 0.25) is 5.91 Å². The summed E-state index contributed by atoms with van der Waals surface area (Å²) in [6.45, 7) is 4.23. The molecule has 2 rings (SSSR count). The Labute approximate surface area is 193 Å². The number of halogens is 1. The lowest BCUT2D eigenvalue weighted by atomic mass is 9.85. The van der Waals surface area contributed by atoms with Crippen LogP contribution in [0, 0.1) is 5.41 Å². The molecule has 7 heteroatoms. The van der Waals surface area contributed by atoms with Crippen molar-refractivity contribution in [1.82, 2.24) is 15.5 Å². The van der Waals surface area contributed by atoms with E-state index in [4.69, 9.17) is 4.99 Å². The number of benzene rings is 1. The van der Waals surface area contributed by atoms with E-state index in [-0.39, 0.29) is 35.3 Å². The molecule has 2 N–H and O–H groups in total. The average Bonchev–Trinajstić information content (AvgIpc) is 3.16. The Morgan fingerprint density at radius 2 is 1.69 bits per heavy atom. The molecule has 0 bridgehead atoms. The van der Waals surface area contributed by atoms with Gasteiger partial charge < -0.3 is 20.4 Å². The summed E-state index contributed by atoms with van der Waals surface area (Å²) in [6, 6.07) is 8.63. The summed E-state index contributed by atoms with van der Waals surface area (Å²) < 4.78 is 0. The zero-order chi connectivity index (χ0) is 20.6. The number of hydrogen-bond donors (Lipinski definition) is 2. The number of aliphatic imine (C=N–C) groups is 1. The number of anilines is 1. The SMILES string of the molecule is CCNC(=NCC1(C(=O)N(C)C)CCCC1)NCCc1ccc(N(C)C)cc1.I. The second-order valence-corrected chi connectivity index (χ2v) is 8.12. The quantitative estimate of drug-likeness (QED) is 0.318. The first-order valence-corrected chi connectivity index (χ1v) is 10.4. The van der Waals surface area contributed by atoms with Crippen LogP contribution in [-0.2, 0) is 11.2 Å². The summed E-state index contributed by atoms with van der Waals surface area (Å²) in [5.41, 5.74) is 2.18. The number of nitrogens with one attached hydrogen (secondary N) is 2. The van der Waals surface area contributed by atoms with Gasteiger partial charge in [0.1, 0.15) is 0 Å². The molecule has 1 amide bonds. The molecule has 1 aliphatic rings. The van der Waals surface area contributed by atoms with Gasteiger partial charge in [-0.25, -0.2) is 0 Å². The molecule has 1 saturated carbocycles. The fraction of sp³-hybridized carbons (Fsp3) is 0.636. The van der Waals surface area contributed by atoms with Crippen molar-refractivity contribution in [2.45, 2.75) is 39.0 Å². The summed E-state index contributed by atoms with van der Waals surface area (Å²) in [7, 11) is 7.79. The third-order valence-corrected chi connectivity index (χ3v) is 5.46. The smallest absolute Gasteiger partial charge is 0.230 e. The molecule has 6 nitrogen and oxygen atoms in total. The molecule has 0 unspecified atom stereocenters. The molecule has 164 valence electrons. The topological polar surface area (TPSA) is 60.0 Å². The molecule has 0 radical (unpaired) electrons. The van der Waals surface area contributed by atoms with Crippen LogP contribution in [0.2, 0.25) is 0 Å². The van der Waals surface area contributed by atoms with Crippen molar-refractivity contribution >= 4 is 41.5 Å². The molecule has 1 aromatic carbocycles. The van der Waals surface area contributed by atoms with Crippen LogP contribution in [0.25, 0.3) is 0 Å². The first kappa shape index (κ1) is 25.5. The zero-order valence-corrected chi connectivity index (χ0v) is 21.0. The van der Waals surface area contributed by atoms with Crippen molar-refractivity contribution in [3.8, 4) is 0 Å². The predicted molar refractivity (Wildman–Crippen MR) is 133 cm³/mol. The summed E-state index contributed by atoms with van der Waals surface area (Å²) in [4.78, 5) is 21.3. The summed E-state index contributed by atoms with van der Waals surface area (Å²) in [5.74, 6) is 1.01. The van der Waals surface area contributed by atoms with Gasteiger partial charge >= 0.3 is 0 Å². The Morgan fingerprint density at radius 1 is 1.07 bits per heavy atom. The highest BCUT2D eigenvalue weighted by molar-refractivity contribution is 14.0. The molecule has 0 atom stereocenters. The molecular formula is C22H38IN5O. The standard InChI is InChI=1S/C22H37N5O.HI/c1-6-23-21(24-16-13-18-9-11-19(12-10-18)26(2)3)25-17-22(14-7-8-15-22)20(28)27(4)5;/h9-12H,6-8,13-17H2,1-5H3,(H2,23,24,25);1H. The van der Waals surface area contributed by atoms with Crippen LogP contribution in [-0.4, -0.2) is 64.6 Å². The molecule has 1 fully saturated rings. The lowest BCUT2D eigenvalue weighted by Gasteiger charge is -2.29. The molecule has 1 aromatic rings. The zero-order valence-electron chi connectivity index (χ0n) is 18.6. The van der Waals surface area contributed by atoms with Gasteiger partial charge in [-0.15, -0.1) is 24.0 Å². The van der Waals surface area contributed by atoms with Crippen molar-refractivity contribution < 1.29 is 4.79 Å². The molecule has 0 aliphatic heterocycles. The summed E-state index contributed by atoms with van der Waals surface area (Å²) in [6.07, 6.45) is 5.03. The van der Waals surface area contributed by atoms with E-state index in [9.17, 15) is 4.79 Å². The average molecular weight is 515 g/mol. The van der Waals surface area contributed by atoms with Crippen LogP contribution < -0.4 is 15.5 Å². The van der Waals surface area contributed by atoms with E-state index < -0.39 is 0 Å². The third kappa shape index (κ3) is 7.35. The van der Waals surface area contributed by atoms with Crippen LogP contribution in [0.15, 0.2) is 29.3 Å². The molecule has 0 heterocycles. The highest BCUT2D eigenvalue weighted by atomic mass is 127. The van der Waals surface area contributed by atoms with Gasteiger partial charge in [-0.2, -0.15) is 0 Å². The number of guanidine groups is 1. The number of rotatable bonds is 8. The molecule has 0 spiro atoms. The van der Waals surface area contributed by atoms with E-state index in [0.29, 0.717) is 6.54 Å². The number of carbonyl (C=O) groups is 1. The third-order valence-electron chi connectivity index (χ3n) is 5.46. The molecule has 29 heavy (non-hydrogen) atoms. The largest absolute Gasteiger partial charge is 0.378 e. The van der Waals surface area contributed by atoms with Gasteiger partial charge in [0.15, 0.2) is 5.96 Å². The maximum Gasteiger partial charge on any atom is 0.230 e. The van der Waals surface area contributed by atoms with Gasteiger partial charge in [-0.3, -0.25) is 9.79 Å². The van der Waals surface area contributed by atoms with Crippen molar-refractivity contribution in [2.24, 2.45) is 10.4 Å². The second-order valence-electron chi connectivity index (χ2n) is 8.12. The second kappa shape index (κ2) is 12.2. The first-order valence-electron chi connectivity index (χ1n) is 10.4. The Morgan fingerprint density at radius 3 is 2.21 bits per heavy atom. The fourth-order valence-electron chi connectivity index (χ4n) is 3.82. The minimum absolute atomic E-state index is 0. The number of hydrogen-bond acceptors (Lipinski definition) is 3. The predicted octanol–water partition coefficient (Wildman–Crippen LogP) is 3.12. The summed E-state index contributed by atoms with van der Waals surface area (Å²) in [5, 5.41) is 6.73. The number of carbonyl (C=O) groups excluding carboxylic acids is 1. The van der Waals surface area contributed by atoms with Gasteiger partial charge in [0, 0.05) is 47.0 Å². The molecule has 0 aromatic heterocycles. The van der Waals surface area contributed by atoms with Gasteiger partial charge in [-0.05, 0) is 43.9 Å². The highest BCUT2D eigenvalue weighted by Crippen LogP contribution is 2.39. The Kier molecular flexibility index (Phi) is 10.8. The van der Waals surface area contributed by atoms with E-state index in [1.165, 1.54) is 11.3 Å². The normalized spacial score (nSPS) is 15.4. The Bertz CT molecular complexity index is 652. The fourth-order valence-corrected chi connectivity index (χ4v) is 3.82. The van der Waals surface area contributed by atoms with Gasteiger partial charge in [0.05, 0.1) is 12.0 Å². The van der Waals surface area contributed by atoms with Crippen LogP contribution in [0.3, 0.4) is 0 Å². The van der Waals surface area contributed by atoms with E-state index in [2.05, 4.69) is 46.7 Å². The Hall–Kier alpha value is -1.51. The van der Waals surface area contributed by atoms with Crippen molar-refractivity contribution in [2.75, 3.05) is 52.7 Å². The van der Waals surface area contributed by atoms with Crippen LogP contribution in [0.1, 0.15) is 38.2 Å². The first-order chi connectivity index (χ1) is 13.4. The van der Waals surface area contributed by atoms with Gasteiger partial charge in [-0.1, -0.05) is 25.0 Å². The maximum absolute atomic E-state index is 12.7. The van der Waals surface area contributed by atoms with Crippen molar-refractivity contribution in [3.05, 3.63) is 29.8 Å². The molecule has 0 saturated heterocycles. The summed E-state index contributed by atoms with van der Waals surface area (Å²) >= 11 is 0. The lowest BCUT2D eigenvalue weighted by Crippen LogP contribution is -2.43. The van der Waals surface area contributed by atoms with Crippen molar-refractivity contribution in [3.63, 3.8) is 0 Å². The van der Waals surface area contributed by atoms with E-state index in [1.807, 2.05) is 28.2 Å². The van der Waals surface area contributed by atoms with E-state index in [0.717, 1.165) is 51.2 Å².